The molecule has 1 aromatic carbocycles. The second-order valence-electron chi connectivity index (χ2n) is 2.60. The van der Waals surface area contributed by atoms with E-state index in [4.69, 9.17) is 4.55 Å². The Kier molecular flexibility index (Phi) is 3.23. The van der Waals surface area contributed by atoms with E-state index in [-0.39, 0.29) is 5.75 Å². The minimum atomic E-state index is -4.80. The predicted molar refractivity (Wildman–Crippen MR) is 54.1 cm³/mol. The standard InChI is InChI=1S/C9H8O5S/c1-2-7-3-5-8(6-4-7)14-9(10)15(11,12)13/h2-6H,1H2,(H,11,12,13). The molecule has 0 heterocycles. The molecule has 1 N–H and O–H groups in total. The fourth-order valence-electron chi connectivity index (χ4n) is 0.821. The first kappa shape index (κ1) is 11.4. The van der Waals surface area contributed by atoms with Crippen molar-refractivity contribution >= 4 is 21.5 Å². The fourth-order valence-corrected chi connectivity index (χ4v) is 1.02. The third kappa shape index (κ3) is 3.19. The van der Waals surface area contributed by atoms with Gasteiger partial charge in [0.15, 0.2) is 0 Å². The van der Waals surface area contributed by atoms with E-state index < -0.39 is 15.4 Å². The van der Waals surface area contributed by atoms with Gasteiger partial charge in [-0.05, 0) is 17.7 Å². The number of hydrogen-bond donors (Lipinski definition) is 1. The quantitative estimate of drug-likeness (QED) is 0.615. The average Bonchev–Trinajstić information content (AvgIpc) is 2.17. The molecule has 0 aliphatic heterocycles. The van der Waals surface area contributed by atoms with Crippen LogP contribution in [0.25, 0.3) is 6.08 Å². The van der Waals surface area contributed by atoms with Crippen LogP contribution >= 0.6 is 0 Å². The highest BCUT2D eigenvalue weighted by atomic mass is 32.2. The van der Waals surface area contributed by atoms with Crippen LogP contribution in [0.3, 0.4) is 0 Å². The van der Waals surface area contributed by atoms with E-state index in [1.54, 1.807) is 18.2 Å². The Bertz CT molecular complexity index is 472. The highest BCUT2D eigenvalue weighted by Gasteiger charge is 2.20. The maximum absolute atomic E-state index is 10.7. The van der Waals surface area contributed by atoms with E-state index in [2.05, 4.69) is 11.3 Å². The Morgan fingerprint density at radius 1 is 1.33 bits per heavy atom. The summed E-state index contributed by atoms with van der Waals surface area (Å²) in [5.74, 6) is 0.0308. The van der Waals surface area contributed by atoms with Crippen LogP contribution in [0.5, 0.6) is 5.75 Å². The van der Waals surface area contributed by atoms with Crippen molar-refractivity contribution in [3.05, 3.63) is 36.4 Å². The molecule has 0 saturated heterocycles. The van der Waals surface area contributed by atoms with Crippen LogP contribution in [0.15, 0.2) is 30.8 Å². The highest BCUT2D eigenvalue weighted by molar-refractivity contribution is 8.00. The second kappa shape index (κ2) is 4.24. The van der Waals surface area contributed by atoms with Gasteiger partial charge in [-0.25, -0.2) is 4.79 Å². The van der Waals surface area contributed by atoms with Crippen molar-refractivity contribution in [2.24, 2.45) is 0 Å². The number of benzene rings is 1. The number of hydrogen-bond acceptors (Lipinski definition) is 4. The minimum absolute atomic E-state index is 0.0308. The lowest BCUT2D eigenvalue weighted by molar-refractivity contribution is 0.221. The molecule has 80 valence electrons. The molecule has 0 aliphatic rings. The number of carbonyl (C=O) groups is 1. The molecule has 1 rings (SSSR count). The summed E-state index contributed by atoms with van der Waals surface area (Å²) in [7, 11) is -4.80. The molecular weight excluding hydrogens is 220 g/mol. The Hall–Kier alpha value is -1.66. The number of carbonyl (C=O) groups excluding carboxylic acids is 1. The van der Waals surface area contributed by atoms with Gasteiger partial charge in [-0.1, -0.05) is 24.8 Å². The molecule has 1 aromatic rings. The van der Waals surface area contributed by atoms with Crippen molar-refractivity contribution in [3.63, 3.8) is 0 Å². The molecular formula is C9H8O5S. The van der Waals surface area contributed by atoms with Gasteiger partial charge in [-0.15, -0.1) is 0 Å². The average molecular weight is 228 g/mol. The zero-order valence-corrected chi connectivity index (χ0v) is 8.40. The van der Waals surface area contributed by atoms with Crippen LogP contribution in [0.1, 0.15) is 5.56 Å². The van der Waals surface area contributed by atoms with Crippen LogP contribution in [0.4, 0.5) is 4.79 Å². The number of rotatable bonds is 2. The summed E-state index contributed by atoms with van der Waals surface area (Å²) >= 11 is 0. The summed E-state index contributed by atoms with van der Waals surface area (Å²) in [5, 5.41) is -1.70. The molecule has 0 atom stereocenters. The van der Waals surface area contributed by atoms with Crippen molar-refractivity contribution in [1.82, 2.24) is 0 Å². The van der Waals surface area contributed by atoms with Gasteiger partial charge in [0.25, 0.3) is 0 Å². The Morgan fingerprint density at radius 2 is 1.87 bits per heavy atom. The summed E-state index contributed by atoms with van der Waals surface area (Å²) in [6.07, 6.45) is 1.58. The summed E-state index contributed by atoms with van der Waals surface area (Å²) < 4.78 is 33.3. The molecule has 0 aromatic heterocycles. The zero-order valence-electron chi connectivity index (χ0n) is 7.58. The van der Waals surface area contributed by atoms with Gasteiger partial charge in [0.05, 0.1) is 0 Å². The molecule has 15 heavy (non-hydrogen) atoms. The first-order valence-electron chi connectivity index (χ1n) is 3.85. The minimum Gasteiger partial charge on any atom is -0.413 e. The van der Waals surface area contributed by atoms with Gasteiger partial charge in [0.2, 0.25) is 0 Å². The van der Waals surface area contributed by atoms with Crippen molar-refractivity contribution in [3.8, 4) is 5.75 Å². The lowest BCUT2D eigenvalue weighted by Gasteiger charge is -2.01. The summed E-state index contributed by atoms with van der Waals surface area (Å²) in [5.41, 5.74) is 0.793. The third-order valence-electron chi connectivity index (χ3n) is 1.53. The summed E-state index contributed by atoms with van der Waals surface area (Å²) in [6.45, 7) is 3.52. The lowest BCUT2D eigenvalue weighted by Crippen LogP contribution is -2.17. The Balaban J connectivity index is 2.83. The van der Waals surface area contributed by atoms with E-state index in [0.29, 0.717) is 0 Å². The van der Waals surface area contributed by atoms with Crippen LogP contribution < -0.4 is 4.74 Å². The zero-order chi connectivity index (χ0) is 11.5. The van der Waals surface area contributed by atoms with E-state index in [1.165, 1.54) is 12.1 Å². The van der Waals surface area contributed by atoms with Crippen LogP contribution in [-0.4, -0.2) is 18.3 Å². The van der Waals surface area contributed by atoms with Crippen molar-refractivity contribution in [2.45, 2.75) is 0 Å². The van der Waals surface area contributed by atoms with Crippen LogP contribution in [-0.2, 0) is 10.1 Å². The molecule has 0 bridgehead atoms. The first-order valence-corrected chi connectivity index (χ1v) is 5.29. The molecule has 0 radical (unpaired) electrons. The lowest BCUT2D eigenvalue weighted by atomic mass is 10.2. The van der Waals surface area contributed by atoms with Crippen LogP contribution in [0, 0.1) is 0 Å². The van der Waals surface area contributed by atoms with Crippen molar-refractivity contribution in [2.75, 3.05) is 0 Å². The van der Waals surface area contributed by atoms with Crippen molar-refractivity contribution in [1.29, 1.82) is 0 Å². The van der Waals surface area contributed by atoms with E-state index in [1.807, 2.05) is 0 Å². The monoisotopic (exact) mass is 228 g/mol. The first-order chi connectivity index (χ1) is 6.93. The molecule has 6 heteroatoms. The molecule has 0 amide bonds. The largest absolute Gasteiger partial charge is 0.457 e. The van der Waals surface area contributed by atoms with E-state index in [9.17, 15) is 13.2 Å². The van der Waals surface area contributed by atoms with Crippen LogP contribution in [0.2, 0.25) is 0 Å². The van der Waals surface area contributed by atoms with Gasteiger partial charge in [0.1, 0.15) is 5.75 Å². The molecule has 5 nitrogen and oxygen atoms in total. The van der Waals surface area contributed by atoms with Gasteiger partial charge in [-0.3, -0.25) is 4.55 Å². The van der Waals surface area contributed by atoms with Gasteiger partial charge in [-0.2, -0.15) is 8.42 Å². The van der Waals surface area contributed by atoms with Gasteiger partial charge in [0, 0.05) is 0 Å². The van der Waals surface area contributed by atoms with E-state index in [0.717, 1.165) is 5.56 Å². The normalized spacial score (nSPS) is 10.7. The second-order valence-corrected chi connectivity index (χ2v) is 3.88. The third-order valence-corrected chi connectivity index (χ3v) is 2.03. The summed E-state index contributed by atoms with van der Waals surface area (Å²) in [6, 6.07) is 5.94. The summed E-state index contributed by atoms with van der Waals surface area (Å²) in [4.78, 5) is 10.7. The molecule has 0 fully saturated rings. The highest BCUT2D eigenvalue weighted by Crippen LogP contribution is 2.13. The smallest absolute Gasteiger partial charge is 0.413 e. The van der Waals surface area contributed by atoms with Crippen molar-refractivity contribution < 1.29 is 22.5 Å². The van der Waals surface area contributed by atoms with Gasteiger partial charge < -0.3 is 4.74 Å². The Labute approximate surface area is 86.7 Å². The maximum Gasteiger partial charge on any atom is 0.457 e. The number of ether oxygens (including phenoxy) is 1. The molecule has 0 aliphatic carbocycles. The Morgan fingerprint density at radius 3 is 2.27 bits per heavy atom. The molecule has 0 unspecified atom stereocenters. The van der Waals surface area contributed by atoms with E-state index >= 15 is 0 Å². The topological polar surface area (TPSA) is 80.7 Å². The predicted octanol–water partition coefficient (Wildman–Crippen LogP) is 1.72. The fraction of sp³-hybridized carbons (Fsp3) is 0. The van der Waals surface area contributed by atoms with Gasteiger partial charge >= 0.3 is 15.4 Å². The maximum atomic E-state index is 10.7. The molecule has 0 spiro atoms. The molecule has 0 saturated carbocycles. The SMILES string of the molecule is C=Cc1ccc(OC(=O)S(=O)(=O)O)cc1.